The van der Waals surface area contributed by atoms with Crippen LogP contribution in [0.2, 0.25) is 0 Å². The van der Waals surface area contributed by atoms with Gasteiger partial charge in [-0.2, -0.15) is 0 Å². The maximum atomic E-state index is 12.4. The molecule has 1 atom stereocenters. The van der Waals surface area contributed by atoms with Crippen LogP contribution in [-0.2, 0) is 19.1 Å². The van der Waals surface area contributed by atoms with E-state index >= 15 is 0 Å². The van der Waals surface area contributed by atoms with Gasteiger partial charge in [-0.25, -0.2) is 4.79 Å². The molecule has 0 spiro atoms. The number of ether oxygens (including phenoxy) is 2. The Morgan fingerprint density at radius 3 is 2.17 bits per heavy atom. The van der Waals surface area contributed by atoms with E-state index in [2.05, 4.69) is 5.32 Å². The molecule has 0 bridgehead atoms. The molecular formula is C29H26N2O9. The van der Waals surface area contributed by atoms with Crippen LogP contribution in [0.1, 0.15) is 56.4 Å². The number of hydrogen-bond donors (Lipinski definition) is 1. The lowest BCUT2D eigenvalue weighted by Crippen LogP contribution is -2.25. The van der Waals surface area contributed by atoms with E-state index in [4.69, 9.17) is 9.47 Å². The Bertz CT molecular complexity index is 1430. The summed E-state index contributed by atoms with van der Waals surface area (Å²) >= 11 is 0. The third kappa shape index (κ3) is 8.42. The van der Waals surface area contributed by atoms with Crippen LogP contribution in [0, 0.1) is 17.0 Å². The highest BCUT2D eigenvalue weighted by Gasteiger charge is 2.20. The number of carbonyl (C=O) groups is 5. The fraction of sp³-hybridized carbons (Fsp3) is 0.207. The maximum Gasteiger partial charge on any atom is 0.338 e. The second kappa shape index (κ2) is 13.6. The van der Waals surface area contributed by atoms with Gasteiger partial charge in [0.2, 0.25) is 17.5 Å². The number of ketones is 2. The van der Waals surface area contributed by atoms with Crippen molar-refractivity contribution in [2.45, 2.75) is 32.8 Å². The van der Waals surface area contributed by atoms with Gasteiger partial charge < -0.3 is 14.8 Å². The van der Waals surface area contributed by atoms with Crippen molar-refractivity contribution in [1.29, 1.82) is 0 Å². The predicted octanol–water partition coefficient (Wildman–Crippen LogP) is 4.48. The molecule has 0 saturated heterocycles. The van der Waals surface area contributed by atoms with Crippen molar-refractivity contribution < 1.29 is 38.4 Å². The molecule has 0 aliphatic rings. The van der Waals surface area contributed by atoms with Gasteiger partial charge in [-0.3, -0.25) is 29.3 Å². The van der Waals surface area contributed by atoms with Gasteiger partial charge in [0.1, 0.15) is 0 Å². The average molecular weight is 547 g/mol. The van der Waals surface area contributed by atoms with E-state index < -0.39 is 41.3 Å². The average Bonchev–Trinajstić information content (AvgIpc) is 2.95. The molecule has 1 amide bonds. The van der Waals surface area contributed by atoms with Crippen LogP contribution in [0.4, 0.5) is 11.4 Å². The van der Waals surface area contributed by atoms with E-state index in [1.807, 2.05) is 6.92 Å². The topological polar surface area (TPSA) is 159 Å². The van der Waals surface area contributed by atoms with Crippen molar-refractivity contribution >= 4 is 40.8 Å². The van der Waals surface area contributed by atoms with Crippen LogP contribution in [0.3, 0.4) is 0 Å². The molecule has 0 aliphatic heterocycles. The summed E-state index contributed by atoms with van der Waals surface area (Å²) in [6, 6.07) is 17.6. The Balaban J connectivity index is 1.42. The van der Waals surface area contributed by atoms with Crippen LogP contribution in [0.15, 0.2) is 72.8 Å². The molecule has 0 aliphatic carbocycles. The minimum absolute atomic E-state index is 0.0382. The molecule has 11 heteroatoms. The number of nitro benzene ring substituents is 1. The first-order chi connectivity index (χ1) is 19.0. The van der Waals surface area contributed by atoms with Crippen LogP contribution in [0.5, 0.6) is 0 Å². The van der Waals surface area contributed by atoms with E-state index in [9.17, 15) is 34.1 Å². The largest absolute Gasteiger partial charge is 0.454 e. The number of non-ortho nitro benzene ring substituents is 1. The third-order valence-corrected chi connectivity index (χ3v) is 5.69. The summed E-state index contributed by atoms with van der Waals surface area (Å²) in [4.78, 5) is 71.4. The molecule has 0 heterocycles. The quantitative estimate of drug-likeness (QED) is 0.150. The standard InChI is InChI=1S/C29H26N2O9/c1-18-6-8-20(9-7-18)28(35)19(2)40-27(34)15-14-26(33)30-23-12-10-21(11-13-23)29(36)39-17-25(32)22-4-3-5-24(16-22)31(37)38/h3-13,16,19H,14-15,17H2,1-2H3,(H,30,33)/t19-/m0/s1. The summed E-state index contributed by atoms with van der Waals surface area (Å²) in [7, 11) is 0. The van der Waals surface area contributed by atoms with E-state index in [1.54, 1.807) is 24.3 Å². The van der Waals surface area contributed by atoms with Crippen molar-refractivity contribution in [2.75, 3.05) is 11.9 Å². The van der Waals surface area contributed by atoms with Crippen LogP contribution in [-0.4, -0.2) is 47.0 Å². The monoisotopic (exact) mass is 546 g/mol. The van der Waals surface area contributed by atoms with Gasteiger partial charge in [0.25, 0.3) is 5.69 Å². The highest BCUT2D eigenvalue weighted by atomic mass is 16.6. The van der Waals surface area contributed by atoms with Gasteiger partial charge in [0.15, 0.2) is 12.7 Å². The van der Waals surface area contributed by atoms with E-state index in [0.717, 1.165) is 11.6 Å². The van der Waals surface area contributed by atoms with Gasteiger partial charge >= 0.3 is 11.9 Å². The van der Waals surface area contributed by atoms with Crippen molar-refractivity contribution in [1.82, 2.24) is 0 Å². The number of esters is 2. The van der Waals surface area contributed by atoms with Crippen molar-refractivity contribution in [3.8, 4) is 0 Å². The van der Waals surface area contributed by atoms with Gasteiger partial charge in [-0.1, -0.05) is 42.0 Å². The molecule has 11 nitrogen and oxygen atoms in total. The SMILES string of the molecule is Cc1ccc(C(=O)[C@H](C)OC(=O)CCC(=O)Nc2ccc(C(=O)OCC(=O)c3cccc([N+](=O)[O-])c3)cc2)cc1. The molecule has 0 fully saturated rings. The number of Topliss-reactive ketones (excluding diaryl/α,β-unsaturated/α-hetero) is 2. The second-order valence-corrected chi connectivity index (χ2v) is 8.79. The summed E-state index contributed by atoms with van der Waals surface area (Å²) in [6.45, 7) is 2.75. The summed E-state index contributed by atoms with van der Waals surface area (Å²) in [5.41, 5.74) is 1.66. The molecule has 0 aromatic heterocycles. The maximum absolute atomic E-state index is 12.4. The van der Waals surface area contributed by atoms with Gasteiger partial charge in [0, 0.05) is 35.4 Å². The highest BCUT2D eigenvalue weighted by molar-refractivity contribution is 6.01. The molecule has 1 N–H and O–H groups in total. The van der Waals surface area contributed by atoms with Gasteiger partial charge in [-0.05, 0) is 38.1 Å². The zero-order valence-corrected chi connectivity index (χ0v) is 21.7. The smallest absolute Gasteiger partial charge is 0.338 e. The van der Waals surface area contributed by atoms with Gasteiger partial charge in [-0.15, -0.1) is 0 Å². The normalized spacial score (nSPS) is 11.2. The van der Waals surface area contributed by atoms with Gasteiger partial charge in [0.05, 0.1) is 16.9 Å². The minimum Gasteiger partial charge on any atom is -0.454 e. The molecule has 3 rings (SSSR count). The molecule has 3 aromatic rings. The number of anilines is 1. The molecule has 0 unspecified atom stereocenters. The molecule has 0 saturated carbocycles. The number of aryl methyl sites for hydroxylation is 1. The Labute approximate surface area is 229 Å². The first kappa shape index (κ1) is 29.4. The third-order valence-electron chi connectivity index (χ3n) is 5.69. The lowest BCUT2D eigenvalue weighted by molar-refractivity contribution is -0.384. The summed E-state index contributed by atoms with van der Waals surface area (Å²) in [6.07, 6.45) is -1.42. The first-order valence-electron chi connectivity index (χ1n) is 12.2. The molecular weight excluding hydrogens is 520 g/mol. The van der Waals surface area contributed by atoms with Crippen LogP contribution >= 0.6 is 0 Å². The first-order valence-corrected chi connectivity index (χ1v) is 12.2. The number of amides is 1. The predicted molar refractivity (Wildman–Crippen MR) is 143 cm³/mol. The summed E-state index contributed by atoms with van der Waals surface area (Å²) in [5, 5.41) is 13.4. The molecule has 3 aromatic carbocycles. The molecule has 206 valence electrons. The Morgan fingerprint density at radius 1 is 0.875 bits per heavy atom. The zero-order chi connectivity index (χ0) is 29.2. The second-order valence-electron chi connectivity index (χ2n) is 8.79. The summed E-state index contributed by atoms with van der Waals surface area (Å²) < 4.78 is 10.1. The Hall–Kier alpha value is -5.19. The Morgan fingerprint density at radius 2 is 1.52 bits per heavy atom. The fourth-order valence-electron chi connectivity index (χ4n) is 3.48. The minimum atomic E-state index is -0.993. The number of nitro groups is 1. The fourth-order valence-corrected chi connectivity index (χ4v) is 3.48. The number of benzene rings is 3. The lowest BCUT2D eigenvalue weighted by atomic mass is 10.1. The van der Waals surface area contributed by atoms with Crippen LogP contribution < -0.4 is 5.32 Å². The van der Waals surface area contributed by atoms with E-state index in [1.165, 1.54) is 49.4 Å². The zero-order valence-electron chi connectivity index (χ0n) is 21.7. The molecule has 0 radical (unpaired) electrons. The lowest BCUT2D eigenvalue weighted by Gasteiger charge is -2.12. The number of rotatable bonds is 12. The number of hydrogen-bond acceptors (Lipinski definition) is 9. The van der Waals surface area contributed by atoms with E-state index in [0.29, 0.717) is 11.3 Å². The van der Waals surface area contributed by atoms with Crippen molar-refractivity contribution in [2.24, 2.45) is 0 Å². The number of nitrogens with one attached hydrogen (secondary N) is 1. The highest BCUT2D eigenvalue weighted by Crippen LogP contribution is 2.15. The number of nitrogens with zero attached hydrogens (tertiary/aromatic N) is 1. The Kier molecular flexibility index (Phi) is 9.95. The van der Waals surface area contributed by atoms with Crippen molar-refractivity contribution in [3.05, 3.63) is 105 Å². The van der Waals surface area contributed by atoms with Crippen molar-refractivity contribution in [3.63, 3.8) is 0 Å². The summed E-state index contributed by atoms with van der Waals surface area (Å²) in [5.74, 6) is -2.92. The number of carbonyl (C=O) groups excluding carboxylic acids is 5. The van der Waals surface area contributed by atoms with E-state index in [-0.39, 0.29) is 35.4 Å². The molecule has 40 heavy (non-hydrogen) atoms. The van der Waals surface area contributed by atoms with Crippen LogP contribution in [0.25, 0.3) is 0 Å².